The predicted octanol–water partition coefficient (Wildman–Crippen LogP) is 3.12. The van der Waals surface area contributed by atoms with Gasteiger partial charge in [0.15, 0.2) is 0 Å². The molecular weight excluding hydrogens is 342 g/mol. The van der Waals surface area contributed by atoms with Crippen molar-refractivity contribution in [2.45, 2.75) is 33.2 Å². The molecule has 2 atom stereocenters. The average molecular weight is 365 g/mol. The van der Waals surface area contributed by atoms with Gasteiger partial charge in [-0.05, 0) is 39.0 Å². The first-order valence-electron chi connectivity index (χ1n) is 9.12. The molecule has 3 aromatic rings. The van der Waals surface area contributed by atoms with E-state index in [1.807, 2.05) is 39.0 Å². The van der Waals surface area contributed by atoms with Crippen molar-refractivity contribution in [2.24, 2.45) is 5.92 Å². The molecule has 4 heterocycles. The van der Waals surface area contributed by atoms with Gasteiger partial charge in [-0.2, -0.15) is 0 Å². The molecule has 3 aromatic heterocycles. The first kappa shape index (κ1) is 17.6. The topological polar surface area (TPSA) is 86.0 Å². The number of ether oxygens (including phenoxy) is 1. The molecule has 0 saturated carbocycles. The quantitative estimate of drug-likeness (QED) is 0.743. The van der Waals surface area contributed by atoms with Gasteiger partial charge in [0.2, 0.25) is 5.95 Å². The summed E-state index contributed by atoms with van der Waals surface area (Å²) in [5.74, 6) is 1.76. The monoisotopic (exact) mass is 365 g/mol. The fraction of sp³-hybridized carbons (Fsp3) is 0.400. The maximum Gasteiger partial charge on any atom is 0.223 e. The van der Waals surface area contributed by atoms with Gasteiger partial charge in [0.05, 0.1) is 30.6 Å². The number of nitrogens with one attached hydrogen (secondary N) is 1. The van der Waals surface area contributed by atoms with Crippen LogP contribution in [0.4, 0.5) is 5.95 Å². The summed E-state index contributed by atoms with van der Waals surface area (Å²) in [6, 6.07) is 8.06. The minimum absolute atomic E-state index is 0.128. The van der Waals surface area contributed by atoms with Crippen molar-refractivity contribution < 1.29 is 9.26 Å². The molecule has 140 valence electrons. The highest BCUT2D eigenvalue weighted by molar-refractivity contribution is 5.62. The van der Waals surface area contributed by atoms with Crippen LogP contribution in [0.5, 0.6) is 0 Å². The van der Waals surface area contributed by atoms with E-state index in [1.165, 1.54) is 0 Å². The summed E-state index contributed by atoms with van der Waals surface area (Å²) >= 11 is 0. The van der Waals surface area contributed by atoms with Gasteiger partial charge < -0.3 is 14.6 Å². The summed E-state index contributed by atoms with van der Waals surface area (Å²) in [6.07, 6.45) is 2.55. The Hall–Kier alpha value is -2.80. The molecule has 4 rings (SSSR count). The highest BCUT2D eigenvalue weighted by Crippen LogP contribution is 2.24. The first-order chi connectivity index (χ1) is 13.1. The van der Waals surface area contributed by atoms with Crippen LogP contribution in [-0.4, -0.2) is 39.4 Å². The van der Waals surface area contributed by atoms with Crippen molar-refractivity contribution in [2.75, 3.05) is 18.5 Å². The zero-order chi connectivity index (χ0) is 18.8. The molecule has 0 spiro atoms. The largest absolute Gasteiger partial charge is 0.379 e. The van der Waals surface area contributed by atoms with Crippen molar-refractivity contribution >= 4 is 5.95 Å². The number of anilines is 1. The molecule has 1 N–H and O–H groups in total. The van der Waals surface area contributed by atoms with Gasteiger partial charge in [-0.3, -0.25) is 4.98 Å². The van der Waals surface area contributed by atoms with Crippen LogP contribution in [0.2, 0.25) is 0 Å². The van der Waals surface area contributed by atoms with Crippen LogP contribution in [0.15, 0.2) is 35.0 Å². The molecule has 0 aromatic carbocycles. The molecule has 1 aliphatic rings. The van der Waals surface area contributed by atoms with Gasteiger partial charge >= 0.3 is 0 Å². The van der Waals surface area contributed by atoms with Crippen LogP contribution < -0.4 is 5.32 Å². The van der Waals surface area contributed by atoms with Crippen molar-refractivity contribution in [3.63, 3.8) is 0 Å². The smallest absolute Gasteiger partial charge is 0.223 e. The highest BCUT2D eigenvalue weighted by atomic mass is 16.5. The Labute approximate surface area is 158 Å². The molecule has 1 aliphatic heterocycles. The van der Waals surface area contributed by atoms with Crippen LogP contribution >= 0.6 is 0 Å². The van der Waals surface area contributed by atoms with E-state index in [4.69, 9.17) is 9.26 Å². The Balaban J connectivity index is 1.50. The Morgan fingerprint density at radius 3 is 2.74 bits per heavy atom. The van der Waals surface area contributed by atoms with Gasteiger partial charge in [0.1, 0.15) is 5.76 Å². The van der Waals surface area contributed by atoms with E-state index < -0.39 is 0 Å². The second-order valence-corrected chi connectivity index (χ2v) is 7.04. The Morgan fingerprint density at radius 1 is 1.07 bits per heavy atom. The fourth-order valence-electron chi connectivity index (χ4n) is 3.43. The molecule has 1 saturated heterocycles. The molecule has 0 unspecified atom stereocenters. The molecule has 7 nitrogen and oxygen atoms in total. The number of aryl methyl sites for hydroxylation is 3. The van der Waals surface area contributed by atoms with Crippen molar-refractivity contribution in [3.05, 3.63) is 53.3 Å². The zero-order valence-corrected chi connectivity index (χ0v) is 15.8. The van der Waals surface area contributed by atoms with Crippen LogP contribution in [0.1, 0.15) is 22.8 Å². The van der Waals surface area contributed by atoms with Gasteiger partial charge in [-0.1, -0.05) is 5.16 Å². The van der Waals surface area contributed by atoms with E-state index in [2.05, 4.69) is 31.5 Å². The number of pyridine rings is 1. The molecule has 0 bridgehead atoms. The lowest BCUT2D eigenvalue weighted by atomic mass is 9.98. The molecule has 7 heteroatoms. The third-order valence-corrected chi connectivity index (χ3v) is 4.81. The lowest BCUT2D eigenvalue weighted by molar-refractivity contribution is 0.183. The Morgan fingerprint density at radius 2 is 1.96 bits per heavy atom. The van der Waals surface area contributed by atoms with Crippen LogP contribution in [0, 0.1) is 26.7 Å². The molecule has 27 heavy (non-hydrogen) atoms. The molecular formula is C20H23N5O2. The van der Waals surface area contributed by atoms with E-state index in [-0.39, 0.29) is 12.0 Å². The number of aromatic nitrogens is 4. The second kappa shape index (κ2) is 7.44. The van der Waals surface area contributed by atoms with Crippen LogP contribution in [0.25, 0.3) is 11.3 Å². The van der Waals surface area contributed by atoms with Crippen molar-refractivity contribution in [1.82, 2.24) is 20.1 Å². The van der Waals surface area contributed by atoms with E-state index in [0.29, 0.717) is 19.2 Å². The number of rotatable bonds is 5. The van der Waals surface area contributed by atoms with Crippen molar-refractivity contribution in [3.8, 4) is 11.3 Å². The minimum Gasteiger partial charge on any atom is -0.379 e. The summed E-state index contributed by atoms with van der Waals surface area (Å²) < 4.78 is 11.0. The maximum atomic E-state index is 5.68. The van der Waals surface area contributed by atoms with Gasteiger partial charge in [-0.25, -0.2) is 9.97 Å². The SMILES string of the molecule is Cc1cc(C[C@@H]2COC[C@@H]2Nc2nccc(-c3ccc(C)nc3C)n2)on1. The third kappa shape index (κ3) is 3.98. The predicted molar refractivity (Wildman–Crippen MR) is 101 cm³/mol. The second-order valence-electron chi connectivity index (χ2n) is 7.04. The van der Waals surface area contributed by atoms with E-state index in [0.717, 1.165) is 40.5 Å². The summed E-state index contributed by atoms with van der Waals surface area (Å²) in [7, 11) is 0. The lowest BCUT2D eigenvalue weighted by Gasteiger charge is -2.18. The summed E-state index contributed by atoms with van der Waals surface area (Å²) in [6.45, 7) is 7.21. The minimum atomic E-state index is 0.128. The van der Waals surface area contributed by atoms with Gasteiger partial charge in [-0.15, -0.1) is 0 Å². The fourth-order valence-corrected chi connectivity index (χ4v) is 3.43. The summed E-state index contributed by atoms with van der Waals surface area (Å²) in [5, 5.41) is 7.39. The Kier molecular flexibility index (Phi) is 4.85. The number of nitrogens with zero attached hydrogens (tertiary/aromatic N) is 4. The number of hydrogen-bond acceptors (Lipinski definition) is 7. The maximum absolute atomic E-state index is 5.68. The molecule has 0 amide bonds. The number of hydrogen-bond donors (Lipinski definition) is 1. The summed E-state index contributed by atoms with van der Waals surface area (Å²) in [5.41, 5.74) is 4.73. The van der Waals surface area contributed by atoms with E-state index in [1.54, 1.807) is 6.20 Å². The van der Waals surface area contributed by atoms with Crippen molar-refractivity contribution in [1.29, 1.82) is 0 Å². The Bertz CT molecular complexity index is 940. The molecule has 0 radical (unpaired) electrons. The molecule has 0 aliphatic carbocycles. The third-order valence-electron chi connectivity index (χ3n) is 4.81. The van der Waals surface area contributed by atoms with Gasteiger partial charge in [0, 0.05) is 41.6 Å². The normalized spacial score (nSPS) is 19.4. The van der Waals surface area contributed by atoms with Gasteiger partial charge in [0.25, 0.3) is 0 Å². The van der Waals surface area contributed by atoms with E-state index in [9.17, 15) is 0 Å². The van der Waals surface area contributed by atoms with Crippen LogP contribution in [0.3, 0.4) is 0 Å². The van der Waals surface area contributed by atoms with E-state index >= 15 is 0 Å². The first-order valence-corrected chi connectivity index (χ1v) is 9.12. The van der Waals surface area contributed by atoms with Crippen LogP contribution in [-0.2, 0) is 11.2 Å². The average Bonchev–Trinajstić information content (AvgIpc) is 3.24. The molecule has 1 fully saturated rings. The standard InChI is InChI=1S/C20H23N5O2/c1-12-4-5-17(14(3)22-12)18-6-7-21-20(23-18)24-19-11-26-10-15(19)9-16-8-13(2)25-27-16/h4-8,15,19H,9-11H2,1-3H3,(H,21,23,24)/t15-,19+/m1/s1. The summed E-state index contributed by atoms with van der Waals surface area (Å²) in [4.78, 5) is 13.6. The zero-order valence-electron chi connectivity index (χ0n) is 15.8. The lowest BCUT2D eigenvalue weighted by Crippen LogP contribution is -2.30. The highest BCUT2D eigenvalue weighted by Gasteiger charge is 2.30.